The SMILES string of the molecule is O=P(O)(O)O.[Mg+2].[Mg+2].[Mg+2].[Na+]. The van der Waals surface area contributed by atoms with Crippen LogP contribution in [0.4, 0.5) is 0 Å². The van der Waals surface area contributed by atoms with E-state index in [2.05, 4.69) is 0 Å². The largest absolute Gasteiger partial charge is 2.00 e. The van der Waals surface area contributed by atoms with E-state index >= 15 is 0 Å². The Labute approximate surface area is 124 Å². The van der Waals surface area contributed by atoms with Gasteiger partial charge in [0.2, 0.25) is 0 Å². The van der Waals surface area contributed by atoms with Gasteiger partial charge in [-0.2, -0.15) is 0 Å². The van der Waals surface area contributed by atoms with Crippen molar-refractivity contribution in [3.63, 3.8) is 0 Å². The molecular formula is H3Mg3NaO4P+7. The zero-order chi connectivity index (χ0) is 4.50. The molecule has 0 aromatic heterocycles. The van der Waals surface area contributed by atoms with Crippen LogP contribution in [0.5, 0.6) is 0 Å². The Bertz CT molecular complexity index is 61.9. The molecule has 0 aliphatic rings. The zero-order valence-corrected chi connectivity index (χ0v) is 12.5. The van der Waals surface area contributed by atoms with E-state index in [-0.39, 0.29) is 98.7 Å². The quantitative estimate of drug-likeness (QED) is 0.266. The maximum atomic E-state index is 8.88. The van der Waals surface area contributed by atoms with E-state index < -0.39 is 7.82 Å². The van der Waals surface area contributed by atoms with Crippen molar-refractivity contribution in [1.82, 2.24) is 0 Å². The third-order valence-corrected chi connectivity index (χ3v) is 0. The number of hydrogen-bond acceptors (Lipinski definition) is 1. The van der Waals surface area contributed by atoms with Crippen molar-refractivity contribution in [2.24, 2.45) is 0 Å². The Morgan fingerprint density at radius 1 is 0.889 bits per heavy atom. The number of hydrogen-bond donors (Lipinski definition) is 3. The molecule has 0 saturated heterocycles. The molecule has 0 saturated carbocycles. The van der Waals surface area contributed by atoms with Gasteiger partial charge in [-0.05, 0) is 0 Å². The van der Waals surface area contributed by atoms with E-state index in [9.17, 15) is 0 Å². The molecule has 0 atom stereocenters. The van der Waals surface area contributed by atoms with Gasteiger partial charge in [-0.25, -0.2) is 4.57 Å². The Balaban J connectivity index is -0.0000000133. The van der Waals surface area contributed by atoms with Gasteiger partial charge in [0.25, 0.3) is 0 Å². The Morgan fingerprint density at radius 3 is 0.889 bits per heavy atom. The fraction of sp³-hybridized carbons (Fsp3) is 0. The zero-order valence-electron chi connectivity index (χ0n) is 5.32. The van der Waals surface area contributed by atoms with Crippen molar-refractivity contribution in [1.29, 1.82) is 0 Å². The molecule has 0 radical (unpaired) electrons. The predicted octanol–water partition coefficient (Wildman–Crippen LogP) is -5.07. The van der Waals surface area contributed by atoms with Crippen LogP contribution in [0.25, 0.3) is 0 Å². The van der Waals surface area contributed by atoms with Gasteiger partial charge < -0.3 is 14.7 Å². The van der Waals surface area contributed by atoms with Crippen LogP contribution >= 0.6 is 7.82 Å². The molecule has 0 spiro atoms. The topological polar surface area (TPSA) is 77.8 Å². The van der Waals surface area contributed by atoms with Crippen LogP contribution in [0.2, 0.25) is 0 Å². The van der Waals surface area contributed by atoms with Crippen molar-refractivity contribution in [3.05, 3.63) is 0 Å². The van der Waals surface area contributed by atoms with Gasteiger partial charge in [-0.3, -0.25) is 0 Å². The van der Waals surface area contributed by atoms with Gasteiger partial charge in [0.15, 0.2) is 0 Å². The van der Waals surface area contributed by atoms with E-state index in [0.29, 0.717) is 0 Å². The molecule has 32 valence electrons. The van der Waals surface area contributed by atoms with Gasteiger partial charge in [0, 0.05) is 0 Å². The molecule has 0 aliphatic heterocycles. The van der Waals surface area contributed by atoms with Crippen LogP contribution in [-0.2, 0) is 4.57 Å². The minimum Gasteiger partial charge on any atom is -0.303 e. The molecule has 0 heterocycles. The first-order valence-electron chi connectivity index (χ1n) is 0.783. The van der Waals surface area contributed by atoms with Crippen molar-refractivity contribution in [2.45, 2.75) is 0 Å². The van der Waals surface area contributed by atoms with E-state index in [1.54, 1.807) is 0 Å². The summed E-state index contributed by atoms with van der Waals surface area (Å²) >= 11 is 0. The summed E-state index contributed by atoms with van der Waals surface area (Å²) in [5.41, 5.74) is 0. The Hall–Kier alpha value is 3.41. The second kappa shape index (κ2) is 14.0. The average molecular weight is 194 g/mol. The van der Waals surface area contributed by atoms with Crippen molar-refractivity contribution in [3.8, 4) is 0 Å². The smallest absolute Gasteiger partial charge is 0.303 e. The molecule has 3 N–H and O–H groups in total. The summed E-state index contributed by atoms with van der Waals surface area (Å²) in [4.78, 5) is 21.6. The normalized spacial score (nSPS) is 6.56. The average Bonchev–Trinajstić information content (AvgIpc) is 0.722. The molecular weight excluding hydrogens is 191 g/mol. The van der Waals surface area contributed by atoms with Crippen molar-refractivity contribution >= 4 is 77.0 Å². The van der Waals surface area contributed by atoms with E-state index in [4.69, 9.17) is 19.2 Å². The molecule has 0 aromatic carbocycles. The molecule has 0 fully saturated rings. The molecule has 0 aliphatic carbocycles. The first-order valence-corrected chi connectivity index (χ1v) is 2.35. The van der Waals surface area contributed by atoms with Crippen molar-refractivity contribution in [2.75, 3.05) is 0 Å². The maximum Gasteiger partial charge on any atom is 2.00 e. The Morgan fingerprint density at radius 2 is 0.889 bits per heavy atom. The van der Waals surface area contributed by atoms with E-state index in [1.165, 1.54) is 0 Å². The molecule has 0 amide bonds. The fourth-order valence-corrected chi connectivity index (χ4v) is 0. The summed E-state index contributed by atoms with van der Waals surface area (Å²) in [6, 6.07) is 0. The molecule has 0 aromatic rings. The third-order valence-electron chi connectivity index (χ3n) is 0. The van der Waals surface area contributed by atoms with Crippen LogP contribution in [0, 0.1) is 0 Å². The van der Waals surface area contributed by atoms with Gasteiger partial charge in [0.05, 0.1) is 0 Å². The van der Waals surface area contributed by atoms with E-state index in [0.717, 1.165) is 0 Å². The number of phosphoric acid groups is 1. The fourth-order valence-electron chi connectivity index (χ4n) is 0. The summed E-state index contributed by atoms with van der Waals surface area (Å²) in [6.07, 6.45) is 0. The molecule has 9 heteroatoms. The van der Waals surface area contributed by atoms with Gasteiger partial charge >= 0.3 is 107 Å². The maximum absolute atomic E-state index is 8.88. The minimum absolute atomic E-state index is 0. The van der Waals surface area contributed by atoms with Gasteiger partial charge in [-0.15, -0.1) is 0 Å². The summed E-state index contributed by atoms with van der Waals surface area (Å²) in [7, 11) is -4.64. The second-order valence-electron chi connectivity index (χ2n) is 0.513. The van der Waals surface area contributed by atoms with Crippen LogP contribution in [0.1, 0.15) is 0 Å². The molecule has 0 bridgehead atoms. The van der Waals surface area contributed by atoms with Gasteiger partial charge in [-0.1, -0.05) is 0 Å². The monoisotopic (exact) mass is 193 g/mol. The second-order valence-corrected chi connectivity index (χ2v) is 1.54. The predicted molar refractivity (Wildman–Crippen MR) is 31.5 cm³/mol. The van der Waals surface area contributed by atoms with Crippen molar-refractivity contribution < 1.29 is 48.8 Å². The van der Waals surface area contributed by atoms with Crippen LogP contribution in [0.3, 0.4) is 0 Å². The first-order chi connectivity index (χ1) is 2.00. The Kier molecular flexibility index (Phi) is 45.7. The summed E-state index contributed by atoms with van der Waals surface area (Å²) < 4.78 is 8.88. The number of rotatable bonds is 0. The van der Waals surface area contributed by atoms with Crippen LogP contribution in [-0.4, -0.2) is 83.8 Å². The molecule has 0 unspecified atom stereocenters. The van der Waals surface area contributed by atoms with Crippen LogP contribution in [0.15, 0.2) is 0 Å². The third kappa shape index (κ3) is 86.9. The molecule has 0 rings (SSSR count). The van der Waals surface area contributed by atoms with E-state index in [1.807, 2.05) is 0 Å². The summed E-state index contributed by atoms with van der Waals surface area (Å²) in [5.74, 6) is 0. The summed E-state index contributed by atoms with van der Waals surface area (Å²) in [6.45, 7) is 0. The molecule has 4 nitrogen and oxygen atoms in total. The standard InChI is InChI=1S/3Mg.Na.H3O4P/c;;;;1-5(2,3)4/h;;;;(H3,1,2,3,4)/q3*+2;+1;. The summed E-state index contributed by atoms with van der Waals surface area (Å²) in [5, 5.41) is 0. The molecule has 9 heavy (non-hydrogen) atoms. The van der Waals surface area contributed by atoms with Gasteiger partial charge in [0.1, 0.15) is 0 Å². The van der Waals surface area contributed by atoms with Crippen LogP contribution < -0.4 is 29.6 Å². The first kappa shape index (κ1) is 29.4. The minimum atomic E-state index is -4.64.